The van der Waals surface area contributed by atoms with E-state index in [0.717, 1.165) is 11.1 Å². The predicted molar refractivity (Wildman–Crippen MR) is 74.6 cm³/mol. The lowest BCUT2D eigenvalue weighted by Crippen LogP contribution is -2.21. The first kappa shape index (κ1) is 13.7. The van der Waals surface area contributed by atoms with E-state index < -0.39 is 5.97 Å². The molecule has 0 fully saturated rings. The Bertz CT molecular complexity index is 648. The topological polar surface area (TPSA) is 70.5 Å². The maximum atomic E-state index is 11.9. The SMILES string of the molecule is CN(C)C(=O)c1cccc(-c2ccc(C(=O)O)nc2)c1. The van der Waals surface area contributed by atoms with E-state index in [0.29, 0.717) is 5.56 Å². The van der Waals surface area contributed by atoms with Gasteiger partial charge in [-0.05, 0) is 23.8 Å². The molecule has 0 radical (unpaired) electrons. The summed E-state index contributed by atoms with van der Waals surface area (Å²) in [5, 5.41) is 8.81. The van der Waals surface area contributed by atoms with Crippen LogP contribution >= 0.6 is 0 Å². The second kappa shape index (κ2) is 5.52. The molecule has 0 saturated carbocycles. The molecule has 5 nitrogen and oxygen atoms in total. The summed E-state index contributed by atoms with van der Waals surface area (Å²) in [4.78, 5) is 28.0. The molecule has 1 aromatic heterocycles. The van der Waals surface area contributed by atoms with Gasteiger partial charge in [-0.2, -0.15) is 0 Å². The molecule has 1 N–H and O–H groups in total. The molecule has 0 bridgehead atoms. The Morgan fingerprint density at radius 2 is 1.85 bits per heavy atom. The van der Waals surface area contributed by atoms with Crippen LogP contribution in [0.3, 0.4) is 0 Å². The van der Waals surface area contributed by atoms with Crippen LogP contribution in [0.1, 0.15) is 20.8 Å². The molecule has 0 saturated heterocycles. The number of rotatable bonds is 3. The third kappa shape index (κ3) is 2.83. The van der Waals surface area contributed by atoms with E-state index in [9.17, 15) is 9.59 Å². The van der Waals surface area contributed by atoms with E-state index in [2.05, 4.69) is 4.98 Å². The van der Waals surface area contributed by atoms with Crippen LogP contribution in [0.15, 0.2) is 42.6 Å². The molecule has 0 aliphatic carbocycles. The molecular formula is C15H14N2O3. The molecular weight excluding hydrogens is 256 g/mol. The smallest absolute Gasteiger partial charge is 0.354 e. The molecule has 102 valence electrons. The fourth-order valence-corrected chi connectivity index (χ4v) is 1.78. The van der Waals surface area contributed by atoms with E-state index in [-0.39, 0.29) is 11.6 Å². The number of carbonyl (C=O) groups excluding carboxylic acids is 1. The molecule has 0 spiro atoms. The zero-order valence-corrected chi connectivity index (χ0v) is 11.2. The number of aromatic carboxylic acids is 1. The van der Waals surface area contributed by atoms with Gasteiger partial charge in [-0.3, -0.25) is 4.79 Å². The van der Waals surface area contributed by atoms with Gasteiger partial charge in [0.15, 0.2) is 0 Å². The summed E-state index contributed by atoms with van der Waals surface area (Å²) in [5.74, 6) is -1.14. The number of hydrogen-bond acceptors (Lipinski definition) is 3. The Balaban J connectivity index is 2.36. The molecule has 1 amide bonds. The van der Waals surface area contributed by atoms with Crippen molar-refractivity contribution >= 4 is 11.9 Å². The van der Waals surface area contributed by atoms with E-state index >= 15 is 0 Å². The van der Waals surface area contributed by atoms with Crippen molar-refractivity contribution in [3.8, 4) is 11.1 Å². The molecule has 0 aliphatic rings. The van der Waals surface area contributed by atoms with Crippen LogP contribution in [-0.2, 0) is 0 Å². The van der Waals surface area contributed by atoms with E-state index in [1.165, 1.54) is 17.2 Å². The van der Waals surface area contributed by atoms with Gasteiger partial charge in [0.25, 0.3) is 5.91 Å². The second-order valence-electron chi connectivity index (χ2n) is 4.52. The van der Waals surface area contributed by atoms with Crippen LogP contribution in [0.25, 0.3) is 11.1 Å². The summed E-state index contributed by atoms with van der Waals surface area (Å²) < 4.78 is 0. The van der Waals surface area contributed by atoms with Gasteiger partial charge in [-0.15, -0.1) is 0 Å². The predicted octanol–water partition coefficient (Wildman–Crippen LogP) is 2.15. The molecule has 0 unspecified atom stereocenters. The quantitative estimate of drug-likeness (QED) is 0.927. The van der Waals surface area contributed by atoms with Crippen molar-refractivity contribution in [2.45, 2.75) is 0 Å². The molecule has 2 rings (SSSR count). The molecule has 2 aromatic rings. The fourth-order valence-electron chi connectivity index (χ4n) is 1.78. The van der Waals surface area contributed by atoms with Gasteiger partial charge >= 0.3 is 5.97 Å². The molecule has 0 atom stereocenters. The number of benzene rings is 1. The highest BCUT2D eigenvalue weighted by Crippen LogP contribution is 2.20. The highest BCUT2D eigenvalue weighted by atomic mass is 16.4. The van der Waals surface area contributed by atoms with Gasteiger partial charge in [0.05, 0.1) is 0 Å². The number of carboxylic acids is 1. The molecule has 5 heteroatoms. The summed E-state index contributed by atoms with van der Waals surface area (Å²) in [6.07, 6.45) is 1.49. The number of nitrogens with zero attached hydrogens (tertiary/aromatic N) is 2. The largest absolute Gasteiger partial charge is 0.477 e. The van der Waals surface area contributed by atoms with Crippen molar-refractivity contribution in [3.05, 3.63) is 53.9 Å². The van der Waals surface area contributed by atoms with Gasteiger partial charge in [-0.25, -0.2) is 9.78 Å². The lowest BCUT2D eigenvalue weighted by atomic mass is 10.0. The number of carbonyl (C=O) groups is 2. The van der Waals surface area contributed by atoms with Crippen LogP contribution < -0.4 is 0 Å². The van der Waals surface area contributed by atoms with Gasteiger partial charge in [0.2, 0.25) is 0 Å². The van der Waals surface area contributed by atoms with Crippen LogP contribution in [0, 0.1) is 0 Å². The van der Waals surface area contributed by atoms with Crippen LogP contribution in [0.5, 0.6) is 0 Å². The van der Waals surface area contributed by atoms with E-state index in [1.54, 1.807) is 38.4 Å². The van der Waals surface area contributed by atoms with Crippen LogP contribution in [0.2, 0.25) is 0 Å². The number of amides is 1. The number of carboxylic acid groups (broad SMARTS) is 1. The minimum absolute atomic E-state index is 0.00530. The third-order valence-corrected chi connectivity index (χ3v) is 2.83. The van der Waals surface area contributed by atoms with Crippen LogP contribution in [-0.4, -0.2) is 41.0 Å². The summed E-state index contributed by atoms with van der Waals surface area (Å²) in [6.45, 7) is 0. The van der Waals surface area contributed by atoms with Crippen molar-refractivity contribution in [2.75, 3.05) is 14.1 Å². The third-order valence-electron chi connectivity index (χ3n) is 2.83. The Hall–Kier alpha value is -2.69. The first-order valence-corrected chi connectivity index (χ1v) is 6.00. The van der Waals surface area contributed by atoms with Crippen molar-refractivity contribution in [2.24, 2.45) is 0 Å². The lowest BCUT2D eigenvalue weighted by molar-refractivity contribution is 0.0690. The fraction of sp³-hybridized carbons (Fsp3) is 0.133. The zero-order valence-electron chi connectivity index (χ0n) is 11.2. The van der Waals surface area contributed by atoms with Gasteiger partial charge in [0, 0.05) is 31.4 Å². The second-order valence-corrected chi connectivity index (χ2v) is 4.52. The van der Waals surface area contributed by atoms with E-state index in [1.807, 2.05) is 6.07 Å². The maximum Gasteiger partial charge on any atom is 0.354 e. The molecule has 0 aliphatic heterocycles. The Morgan fingerprint density at radius 1 is 1.10 bits per heavy atom. The maximum absolute atomic E-state index is 11.9. The highest BCUT2D eigenvalue weighted by Gasteiger charge is 2.10. The van der Waals surface area contributed by atoms with Gasteiger partial charge in [0.1, 0.15) is 5.69 Å². The first-order chi connectivity index (χ1) is 9.49. The Morgan fingerprint density at radius 3 is 2.40 bits per heavy atom. The minimum Gasteiger partial charge on any atom is -0.477 e. The highest BCUT2D eigenvalue weighted by molar-refractivity contribution is 5.95. The van der Waals surface area contributed by atoms with Crippen molar-refractivity contribution in [3.63, 3.8) is 0 Å². The summed E-state index contributed by atoms with van der Waals surface area (Å²) >= 11 is 0. The van der Waals surface area contributed by atoms with Gasteiger partial charge in [-0.1, -0.05) is 18.2 Å². The first-order valence-electron chi connectivity index (χ1n) is 6.00. The summed E-state index contributed by atoms with van der Waals surface area (Å²) in [5.41, 5.74) is 2.16. The Kier molecular flexibility index (Phi) is 3.79. The summed E-state index contributed by atoms with van der Waals surface area (Å²) in [7, 11) is 3.39. The van der Waals surface area contributed by atoms with E-state index in [4.69, 9.17) is 5.11 Å². The van der Waals surface area contributed by atoms with Crippen molar-refractivity contribution < 1.29 is 14.7 Å². The number of aromatic nitrogens is 1. The van der Waals surface area contributed by atoms with Crippen molar-refractivity contribution in [1.29, 1.82) is 0 Å². The average Bonchev–Trinajstić information content (AvgIpc) is 2.46. The monoisotopic (exact) mass is 270 g/mol. The average molecular weight is 270 g/mol. The lowest BCUT2D eigenvalue weighted by Gasteiger charge is -2.11. The molecule has 1 heterocycles. The van der Waals surface area contributed by atoms with Gasteiger partial charge < -0.3 is 10.0 Å². The van der Waals surface area contributed by atoms with Crippen LogP contribution in [0.4, 0.5) is 0 Å². The standard InChI is InChI=1S/C15H14N2O3/c1-17(2)14(18)11-5-3-4-10(8-11)12-6-7-13(15(19)20)16-9-12/h3-9H,1-2H3,(H,19,20). The summed E-state index contributed by atoms with van der Waals surface area (Å²) in [6, 6.07) is 10.3. The minimum atomic E-state index is -1.06. The number of pyridine rings is 1. The Labute approximate surface area is 116 Å². The normalized spacial score (nSPS) is 10.1. The zero-order chi connectivity index (χ0) is 14.7. The molecule has 1 aromatic carbocycles. The number of hydrogen-bond donors (Lipinski definition) is 1. The van der Waals surface area contributed by atoms with Crippen molar-refractivity contribution in [1.82, 2.24) is 9.88 Å². The molecule has 20 heavy (non-hydrogen) atoms.